The van der Waals surface area contributed by atoms with Crippen molar-refractivity contribution in [2.75, 3.05) is 14.1 Å². The minimum Gasteiger partial charge on any atom is -0.348 e. The molecule has 1 atom stereocenters. The Morgan fingerprint density at radius 1 is 1.36 bits per heavy atom. The molecule has 0 fully saturated rings. The van der Waals surface area contributed by atoms with Crippen LogP contribution in [0.4, 0.5) is 0 Å². The van der Waals surface area contributed by atoms with E-state index in [0.717, 1.165) is 0 Å². The van der Waals surface area contributed by atoms with E-state index < -0.39 is 5.92 Å². The van der Waals surface area contributed by atoms with E-state index in [9.17, 15) is 9.59 Å². The molecule has 0 aromatic heterocycles. The minimum absolute atomic E-state index is 0.127. The third-order valence-electron chi connectivity index (χ3n) is 1.86. The molecule has 4 heteroatoms. The first-order chi connectivity index (χ1) is 6.36. The SMILES string of the molecule is CC(=O)C(CC=C(C)Cl)C(=O)N(C)C. The average molecular weight is 218 g/mol. The van der Waals surface area contributed by atoms with Crippen LogP contribution >= 0.6 is 11.6 Å². The van der Waals surface area contributed by atoms with Gasteiger partial charge in [0.15, 0.2) is 0 Å². The van der Waals surface area contributed by atoms with Crippen molar-refractivity contribution in [2.24, 2.45) is 5.92 Å². The summed E-state index contributed by atoms with van der Waals surface area (Å²) in [5.41, 5.74) is 0. The molecule has 0 aliphatic heterocycles. The Morgan fingerprint density at radius 2 is 1.86 bits per heavy atom. The van der Waals surface area contributed by atoms with Crippen LogP contribution in [-0.4, -0.2) is 30.7 Å². The van der Waals surface area contributed by atoms with Gasteiger partial charge in [-0.05, 0) is 20.3 Å². The molecule has 0 rings (SSSR count). The van der Waals surface area contributed by atoms with Crippen LogP contribution in [0.15, 0.2) is 11.1 Å². The highest BCUT2D eigenvalue weighted by Gasteiger charge is 2.23. The van der Waals surface area contributed by atoms with Gasteiger partial charge in [0.05, 0.1) is 5.92 Å². The van der Waals surface area contributed by atoms with E-state index in [4.69, 9.17) is 11.6 Å². The second kappa shape index (κ2) is 5.81. The number of Topliss-reactive ketones (excluding diaryl/α,β-unsaturated/α-hetero) is 1. The van der Waals surface area contributed by atoms with Crippen molar-refractivity contribution in [3.63, 3.8) is 0 Å². The van der Waals surface area contributed by atoms with Crippen LogP contribution in [0.25, 0.3) is 0 Å². The first-order valence-electron chi connectivity index (χ1n) is 4.40. The van der Waals surface area contributed by atoms with Crippen molar-refractivity contribution in [3.05, 3.63) is 11.1 Å². The Hall–Kier alpha value is -0.830. The van der Waals surface area contributed by atoms with Gasteiger partial charge >= 0.3 is 0 Å². The van der Waals surface area contributed by atoms with Gasteiger partial charge in [0.2, 0.25) is 5.91 Å². The van der Waals surface area contributed by atoms with Crippen molar-refractivity contribution in [2.45, 2.75) is 20.3 Å². The van der Waals surface area contributed by atoms with Gasteiger partial charge in [-0.25, -0.2) is 0 Å². The normalized spacial score (nSPS) is 13.6. The Kier molecular flexibility index (Phi) is 5.46. The molecule has 14 heavy (non-hydrogen) atoms. The summed E-state index contributed by atoms with van der Waals surface area (Å²) in [5, 5.41) is 0.600. The third-order valence-corrected chi connectivity index (χ3v) is 2.02. The second-order valence-corrected chi connectivity index (χ2v) is 4.02. The average Bonchev–Trinajstić information content (AvgIpc) is 2.02. The molecule has 1 amide bonds. The van der Waals surface area contributed by atoms with Crippen LogP contribution in [0.1, 0.15) is 20.3 Å². The number of halogens is 1. The standard InChI is InChI=1S/C10H16ClNO2/c1-7(11)5-6-9(8(2)13)10(14)12(3)4/h5,9H,6H2,1-4H3. The summed E-state index contributed by atoms with van der Waals surface area (Å²) in [7, 11) is 3.27. The van der Waals surface area contributed by atoms with Crippen molar-refractivity contribution in [1.82, 2.24) is 4.90 Å². The molecule has 0 N–H and O–H groups in total. The van der Waals surface area contributed by atoms with Gasteiger partial charge in [-0.15, -0.1) is 0 Å². The van der Waals surface area contributed by atoms with E-state index in [-0.39, 0.29) is 11.7 Å². The number of hydrogen-bond acceptors (Lipinski definition) is 2. The predicted molar refractivity (Wildman–Crippen MR) is 57.1 cm³/mol. The number of allylic oxidation sites excluding steroid dienone is 2. The fraction of sp³-hybridized carbons (Fsp3) is 0.600. The molecular weight excluding hydrogens is 202 g/mol. The lowest BCUT2D eigenvalue weighted by molar-refractivity contribution is -0.138. The zero-order chi connectivity index (χ0) is 11.3. The molecule has 0 aliphatic rings. The van der Waals surface area contributed by atoms with Gasteiger partial charge in [0, 0.05) is 19.1 Å². The molecule has 3 nitrogen and oxygen atoms in total. The van der Waals surface area contributed by atoms with Gasteiger partial charge in [-0.1, -0.05) is 17.7 Å². The fourth-order valence-corrected chi connectivity index (χ4v) is 1.12. The summed E-state index contributed by atoms with van der Waals surface area (Å²) < 4.78 is 0. The van der Waals surface area contributed by atoms with Crippen molar-refractivity contribution in [3.8, 4) is 0 Å². The van der Waals surface area contributed by atoms with Crippen LogP contribution in [-0.2, 0) is 9.59 Å². The number of carbonyl (C=O) groups excluding carboxylic acids is 2. The summed E-state index contributed by atoms with van der Waals surface area (Å²) in [4.78, 5) is 24.1. The monoisotopic (exact) mass is 217 g/mol. The van der Waals surface area contributed by atoms with Gasteiger partial charge in [0.1, 0.15) is 5.78 Å². The summed E-state index contributed by atoms with van der Waals surface area (Å²) in [6.07, 6.45) is 2.07. The molecular formula is C10H16ClNO2. The number of hydrogen-bond donors (Lipinski definition) is 0. The summed E-state index contributed by atoms with van der Waals surface area (Å²) in [6, 6.07) is 0. The van der Waals surface area contributed by atoms with Gasteiger partial charge in [-0.2, -0.15) is 0 Å². The van der Waals surface area contributed by atoms with Crippen LogP contribution < -0.4 is 0 Å². The Balaban J connectivity index is 4.54. The van der Waals surface area contributed by atoms with Gasteiger partial charge < -0.3 is 4.90 Å². The number of ketones is 1. The van der Waals surface area contributed by atoms with Gasteiger partial charge in [0.25, 0.3) is 0 Å². The highest BCUT2D eigenvalue weighted by Crippen LogP contribution is 2.12. The van der Waals surface area contributed by atoms with Crippen LogP contribution in [0, 0.1) is 5.92 Å². The number of nitrogens with zero attached hydrogens (tertiary/aromatic N) is 1. The molecule has 0 bridgehead atoms. The summed E-state index contributed by atoms with van der Waals surface area (Å²) >= 11 is 5.64. The van der Waals surface area contributed by atoms with E-state index in [0.29, 0.717) is 11.5 Å². The first-order valence-corrected chi connectivity index (χ1v) is 4.78. The van der Waals surface area contributed by atoms with Crippen LogP contribution in [0.2, 0.25) is 0 Å². The third kappa shape index (κ3) is 4.42. The second-order valence-electron chi connectivity index (χ2n) is 3.42. The highest BCUT2D eigenvalue weighted by molar-refractivity contribution is 6.29. The first kappa shape index (κ1) is 13.2. The van der Waals surface area contributed by atoms with E-state index in [2.05, 4.69) is 0 Å². The van der Waals surface area contributed by atoms with Crippen LogP contribution in [0.3, 0.4) is 0 Å². The lowest BCUT2D eigenvalue weighted by atomic mass is 9.99. The van der Waals surface area contributed by atoms with Crippen molar-refractivity contribution in [1.29, 1.82) is 0 Å². The molecule has 1 unspecified atom stereocenters. The molecule has 0 aromatic carbocycles. The summed E-state index contributed by atoms with van der Waals surface area (Å²) in [6.45, 7) is 3.14. The molecule has 0 spiro atoms. The van der Waals surface area contributed by atoms with E-state index in [1.165, 1.54) is 11.8 Å². The maximum atomic E-state index is 11.5. The molecule has 80 valence electrons. The quantitative estimate of drug-likeness (QED) is 0.674. The number of rotatable bonds is 4. The van der Waals surface area contributed by atoms with E-state index >= 15 is 0 Å². The van der Waals surface area contributed by atoms with Crippen molar-refractivity contribution < 1.29 is 9.59 Å². The highest BCUT2D eigenvalue weighted by atomic mass is 35.5. The Bertz CT molecular complexity index is 255. The fourth-order valence-electron chi connectivity index (χ4n) is 1.03. The molecule has 0 aliphatic carbocycles. The lowest BCUT2D eigenvalue weighted by Crippen LogP contribution is -2.33. The smallest absolute Gasteiger partial charge is 0.232 e. The predicted octanol–water partition coefficient (Wildman–Crippen LogP) is 1.81. The molecule has 0 aromatic rings. The van der Waals surface area contributed by atoms with E-state index in [1.807, 2.05) is 0 Å². The Labute approximate surface area is 89.7 Å². The molecule has 0 saturated heterocycles. The summed E-state index contributed by atoms with van der Waals surface area (Å²) in [5.74, 6) is -0.900. The number of amides is 1. The van der Waals surface area contributed by atoms with Crippen molar-refractivity contribution >= 4 is 23.3 Å². The topological polar surface area (TPSA) is 37.4 Å². The number of carbonyl (C=O) groups is 2. The molecule has 0 saturated carbocycles. The van der Waals surface area contributed by atoms with Gasteiger partial charge in [-0.3, -0.25) is 9.59 Å². The van der Waals surface area contributed by atoms with Crippen LogP contribution in [0.5, 0.6) is 0 Å². The zero-order valence-corrected chi connectivity index (χ0v) is 9.76. The Morgan fingerprint density at radius 3 is 2.14 bits per heavy atom. The molecule has 0 radical (unpaired) electrons. The lowest BCUT2D eigenvalue weighted by Gasteiger charge is -2.16. The van der Waals surface area contributed by atoms with E-state index in [1.54, 1.807) is 27.1 Å². The molecule has 0 heterocycles. The minimum atomic E-state index is -0.598. The maximum absolute atomic E-state index is 11.5. The maximum Gasteiger partial charge on any atom is 0.232 e. The zero-order valence-electron chi connectivity index (χ0n) is 9.00. The largest absolute Gasteiger partial charge is 0.348 e.